The van der Waals surface area contributed by atoms with Gasteiger partial charge in [0.05, 0.1) is 22.2 Å². The van der Waals surface area contributed by atoms with Crippen LogP contribution < -0.4 is 0 Å². The molecule has 0 saturated carbocycles. The van der Waals surface area contributed by atoms with E-state index < -0.39 is 6.17 Å². The van der Waals surface area contributed by atoms with Crippen molar-refractivity contribution in [3.8, 4) is 22.6 Å². The first kappa shape index (κ1) is 26.3. The van der Waals surface area contributed by atoms with E-state index in [1.807, 2.05) is 85.1 Å². The minimum Gasteiger partial charge on any atom is -0.309 e. The Labute approximate surface area is 264 Å². The van der Waals surface area contributed by atoms with Gasteiger partial charge in [0, 0.05) is 50.9 Å². The molecule has 0 aliphatic heterocycles. The molecule has 9 rings (SSSR count). The van der Waals surface area contributed by atoms with E-state index in [0.29, 0.717) is 11.1 Å². The second-order valence-corrected chi connectivity index (χ2v) is 11.6. The van der Waals surface area contributed by atoms with E-state index in [1.165, 1.54) is 10.8 Å². The molecule has 1 unspecified atom stereocenters. The highest BCUT2D eigenvalue weighted by Crippen LogP contribution is 2.39. The van der Waals surface area contributed by atoms with Crippen LogP contribution in [0, 0.1) is 0 Å². The zero-order valence-electron chi connectivity index (χ0n) is 24.8. The molecule has 0 aliphatic carbocycles. The smallest absolute Gasteiger partial charge is 0.150 e. The lowest BCUT2D eigenvalue weighted by molar-refractivity contribution is 0.402. The molecule has 4 aromatic heterocycles. The van der Waals surface area contributed by atoms with Gasteiger partial charge in [0.1, 0.15) is 5.65 Å². The van der Waals surface area contributed by atoms with Gasteiger partial charge in [-0.15, -0.1) is 0 Å². The second kappa shape index (κ2) is 10.5. The van der Waals surface area contributed by atoms with Gasteiger partial charge >= 0.3 is 0 Å². The van der Waals surface area contributed by atoms with Gasteiger partial charge < -0.3 is 4.57 Å². The molecular weight excluding hydrogens is 567 g/mol. The van der Waals surface area contributed by atoms with E-state index >= 15 is 4.39 Å². The van der Waals surface area contributed by atoms with Crippen LogP contribution in [0.25, 0.3) is 66.4 Å². The quantitative estimate of drug-likeness (QED) is 0.199. The van der Waals surface area contributed by atoms with Gasteiger partial charge in [0.2, 0.25) is 0 Å². The maximum atomic E-state index is 16.3. The first-order valence-corrected chi connectivity index (χ1v) is 15.4. The molecule has 0 amide bonds. The number of hydrogen-bond donors (Lipinski definition) is 0. The number of para-hydroxylation sites is 2. The Morgan fingerprint density at radius 3 is 2.02 bits per heavy atom. The maximum Gasteiger partial charge on any atom is 0.150 e. The summed E-state index contributed by atoms with van der Waals surface area (Å²) in [6.07, 6.45) is 2.27. The Bertz CT molecular complexity index is 2550. The van der Waals surface area contributed by atoms with E-state index in [9.17, 15) is 0 Å². The van der Waals surface area contributed by atoms with Crippen LogP contribution in [0.15, 0.2) is 158 Å². The molecule has 0 radical (unpaired) electrons. The molecule has 5 heteroatoms. The van der Waals surface area contributed by atoms with Gasteiger partial charge in [-0.25, -0.2) is 9.37 Å². The topological polar surface area (TPSA) is 35.6 Å². The second-order valence-electron chi connectivity index (χ2n) is 11.6. The fraction of sp³-hybridized carbons (Fsp3) is 0.0244. The van der Waals surface area contributed by atoms with Gasteiger partial charge in [-0.2, -0.15) is 0 Å². The maximum absolute atomic E-state index is 16.3. The third-order valence-corrected chi connectivity index (χ3v) is 8.90. The number of aromatic nitrogens is 4. The lowest BCUT2D eigenvalue weighted by Crippen LogP contribution is -2.00. The van der Waals surface area contributed by atoms with Crippen LogP contribution in [0.4, 0.5) is 4.39 Å². The first-order chi connectivity index (χ1) is 22.7. The minimum atomic E-state index is -1.31. The number of nitrogens with zero attached hydrogens (tertiary/aromatic N) is 4. The molecule has 4 heterocycles. The molecule has 5 aromatic carbocycles. The molecular formula is C41H27FN4. The number of pyridine rings is 2. The predicted octanol–water partition coefficient (Wildman–Crippen LogP) is 10.4. The minimum absolute atomic E-state index is 0.584. The number of halogens is 1. The summed E-state index contributed by atoms with van der Waals surface area (Å²) in [6, 6.07) is 48.8. The molecule has 218 valence electrons. The van der Waals surface area contributed by atoms with E-state index in [0.717, 1.165) is 55.6 Å². The van der Waals surface area contributed by atoms with Crippen LogP contribution in [-0.4, -0.2) is 19.1 Å². The van der Waals surface area contributed by atoms with Crippen molar-refractivity contribution >= 4 is 43.7 Å². The molecule has 0 fully saturated rings. The van der Waals surface area contributed by atoms with Crippen molar-refractivity contribution in [2.45, 2.75) is 6.17 Å². The Morgan fingerprint density at radius 2 is 1.15 bits per heavy atom. The summed E-state index contributed by atoms with van der Waals surface area (Å²) < 4.78 is 20.8. The molecule has 4 nitrogen and oxygen atoms in total. The van der Waals surface area contributed by atoms with E-state index in [4.69, 9.17) is 4.98 Å². The van der Waals surface area contributed by atoms with Crippen molar-refractivity contribution in [1.29, 1.82) is 0 Å². The summed E-state index contributed by atoms with van der Waals surface area (Å²) in [7, 11) is 0. The highest BCUT2D eigenvalue weighted by molar-refractivity contribution is 6.18. The van der Waals surface area contributed by atoms with Gasteiger partial charge in [-0.05, 0) is 83.9 Å². The van der Waals surface area contributed by atoms with Gasteiger partial charge in [-0.3, -0.25) is 9.55 Å². The fourth-order valence-corrected chi connectivity index (χ4v) is 6.82. The number of alkyl halides is 1. The zero-order chi connectivity index (χ0) is 30.6. The lowest BCUT2D eigenvalue weighted by Gasteiger charge is -2.14. The van der Waals surface area contributed by atoms with Crippen molar-refractivity contribution < 1.29 is 4.39 Å². The van der Waals surface area contributed by atoms with Crippen LogP contribution in [0.1, 0.15) is 17.3 Å². The summed E-state index contributed by atoms with van der Waals surface area (Å²) in [5, 5.41) is 4.54. The van der Waals surface area contributed by atoms with Crippen LogP contribution in [0.2, 0.25) is 0 Å². The Hall–Kier alpha value is -6.07. The summed E-state index contributed by atoms with van der Waals surface area (Å²) in [5.74, 6) is 0. The van der Waals surface area contributed by atoms with E-state index in [1.54, 1.807) is 6.20 Å². The monoisotopic (exact) mass is 594 g/mol. The molecule has 1 atom stereocenters. The molecule has 46 heavy (non-hydrogen) atoms. The SMILES string of the molecule is FC(c1cccc(-c2ccccn2)c1)c1cccc(-n2c3cc4c(cc3c3cccnc32)c2ccccc2n4-c2ccccc2)c1. The van der Waals surface area contributed by atoms with Crippen molar-refractivity contribution in [2.24, 2.45) is 0 Å². The number of fused-ring (bicyclic) bond motifs is 6. The number of rotatable bonds is 5. The van der Waals surface area contributed by atoms with Crippen LogP contribution in [0.5, 0.6) is 0 Å². The third-order valence-electron chi connectivity index (χ3n) is 8.90. The Morgan fingerprint density at radius 1 is 0.457 bits per heavy atom. The third kappa shape index (κ3) is 4.13. The fourth-order valence-electron chi connectivity index (χ4n) is 6.82. The first-order valence-electron chi connectivity index (χ1n) is 15.4. The Kier molecular flexibility index (Phi) is 6.03. The van der Waals surface area contributed by atoms with Crippen LogP contribution in [-0.2, 0) is 0 Å². The van der Waals surface area contributed by atoms with Crippen molar-refractivity contribution in [1.82, 2.24) is 19.1 Å². The summed E-state index contributed by atoms with van der Waals surface area (Å²) in [6.45, 7) is 0. The normalized spacial score (nSPS) is 12.4. The lowest BCUT2D eigenvalue weighted by atomic mass is 9.99. The van der Waals surface area contributed by atoms with Crippen LogP contribution in [0.3, 0.4) is 0 Å². The summed E-state index contributed by atoms with van der Waals surface area (Å²) in [5.41, 5.74) is 8.97. The highest BCUT2D eigenvalue weighted by Gasteiger charge is 2.20. The van der Waals surface area contributed by atoms with Crippen LogP contribution >= 0.6 is 0 Å². The van der Waals surface area contributed by atoms with E-state index in [-0.39, 0.29) is 0 Å². The van der Waals surface area contributed by atoms with Crippen molar-refractivity contribution in [3.05, 3.63) is 169 Å². The van der Waals surface area contributed by atoms with Gasteiger partial charge in [0.25, 0.3) is 0 Å². The molecule has 9 aromatic rings. The molecule has 0 spiro atoms. The standard InChI is InChI=1S/C41H27FN4/c42-40(28-12-8-11-27(23-28)36-19-6-7-21-43-36)29-13-9-16-31(24-29)46-39-26-38-34(25-35(39)33-18-10-22-44-41(33)46)32-17-4-5-20-37(32)45(38)30-14-2-1-3-15-30/h1-26,40H. The largest absolute Gasteiger partial charge is 0.309 e. The average molecular weight is 595 g/mol. The van der Waals surface area contributed by atoms with Crippen molar-refractivity contribution in [2.75, 3.05) is 0 Å². The zero-order valence-corrected chi connectivity index (χ0v) is 24.8. The molecule has 0 bridgehead atoms. The molecule has 0 aliphatic rings. The van der Waals surface area contributed by atoms with Crippen molar-refractivity contribution in [3.63, 3.8) is 0 Å². The summed E-state index contributed by atoms with van der Waals surface area (Å²) >= 11 is 0. The Balaban J connectivity index is 1.25. The number of benzene rings is 5. The van der Waals surface area contributed by atoms with Gasteiger partial charge in [0.15, 0.2) is 6.17 Å². The summed E-state index contributed by atoms with van der Waals surface area (Å²) in [4.78, 5) is 9.30. The average Bonchev–Trinajstić information content (AvgIpc) is 3.63. The predicted molar refractivity (Wildman–Crippen MR) is 186 cm³/mol. The van der Waals surface area contributed by atoms with Gasteiger partial charge in [-0.1, -0.05) is 72.8 Å². The molecule has 0 N–H and O–H groups in total. The highest BCUT2D eigenvalue weighted by atomic mass is 19.1. The molecule has 0 saturated heterocycles. The van der Waals surface area contributed by atoms with E-state index in [2.05, 4.69) is 80.8 Å². The number of hydrogen-bond acceptors (Lipinski definition) is 2.